The zero-order valence-electron chi connectivity index (χ0n) is 21.5. The maximum absolute atomic E-state index is 13.4. The summed E-state index contributed by atoms with van der Waals surface area (Å²) in [7, 11) is 1.66. The lowest BCUT2D eigenvalue weighted by atomic mass is 10.1. The fourth-order valence-electron chi connectivity index (χ4n) is 5.28. The second-order valence-electron chi connectivity index (χ2n) is 9.77. The quantitative estimate of drug-likeness (QED) is 0.426. The maximum Gasteiger partial charge on any atom is 0.262 e. The minimum atomic E-state index is -0.269. The fraction of sp³-hybridized carbons (Fsp3) is 0.483. The van der Waals surface area contributed by atoms with Gasteiger partial charge in [-0.1, -0.05) is 0 Å². The van der Waals surface area contributed by atoms with Crippen LogP contribution >= 0.6 is 0 Å². The van der Waals surface area contributed by atoms with Gasteiger partial charge in [-0.2, -0.15) is 0 Å². The molecule has 0 saturated carbocycles. The third-order valence-corrected chi connectivity index (χ3v) is 7.31. The highest BCUT2D eigenvalue weighted by Gasteiger charge is 2.19. The number of fused-ring (bicyclic) bond motifs is 1. The Bertz CT molecular complexity index is 1260. The predicted octanol–water partition coefficient (Wildman–Crippen LogP) is 4.43. The molecular weight excluding hydrogens is 473 g/mol. The number of anilines is 1. The molecular formula is C29H36FN3O4. The fourth-order valence-corrected chi connectivity index (χ4v) is 5.28. The first kappa shape index (κ1) is 25.5. The molecule has 3 heterocycles. The van der Waals surface area contributed by atoms with Crippen LogP contribution in [0.15, 0.2) is 53.5 Å². The van der Waals surface area contributed by atoms with Crippen LogP contribution in [0.3, 0.4) is 0 Å². The Hall–Kier alpha value is -3.10. The molecule has 0 aliphatic carbocycles. The van der Waals surface area contributed by atoms with Gasteiger partial charge in [-0.3, -0.25) is 13.8 Å². The lowest BCUT2D eigenvalue weighted by Gasteiger charge is -2.26. The standard InChI is InChI=1S/C29H36FN3O4/c1-35-28-20-23(6-9-27(28)32-14-4-13-31(16-17-32)12-3-11-30)33-15-10-22-19-24(7-8-26(22)29(33)34)37-21-25-5-2-18-36-25/h6-10,15,19-20,25H,2-5,11-14,16-18,21H2,1H3/t25-/m1/s1. The van der Waals surface area contributed by atoms with Crippen LogP contribution in [0.1, 0.15) is 25.7 Å². The van der Waals surface area contributed by atoms with Crippen molar-refractivity contribution in [3.63, 3.8) is 0 Å². The molecule has 2 saturated heterocycles. The smallest absolute Gasteiger partial charge is 0.262 e. The Morgan fingerprint density at radius 1 is 1.05 bits per heavy atom. The van der Waals surface area contributed by atoms with Gasteiger partial charge in [0, 0.05) is 50.4 Å². The van der Waals surface area contributed by atoms with Gasteiger partial charge in [0.1, 0.15) is 18.1 Å². The van der Waals surface area contributed by atoms with Crippen molar-refractivity contribution in [3.05, 3.63) is 59.0 Å². The summed E-state index contributed by atoms with van der Waals surface area (Å²) in [5.41, 5.74) is 1.68. The van der Waals surface area contributed by atoms with Crippen LogP contribution in [0.2, 0.25) is 0 Å². The number of benzene rings is 2. The van der Waals surface area contributed by atoms with Crippen LogP contribution in [-0.4, -0.2) is 75.3 Å². The summed E-state index contributed by atoms with van der Waals surface area (Å²) in [6.45, 7) is 5.50. The summed E-state index contributed by atoms with van der Waals surface area (Å²) in [4.78, 5) is 18.0. The normalized spacial score (nSPS) is 18.8. The molecule has 2 aliphatic heterocycles. The number of rotatable bonds is 9. The average Bonchev–Trinajstić information content (AvgIpc) is 3.35. The average molecular weight is 510 g/mol. The minimum Gasteiger partial charge on any atom is -0.495 e. The summed E-state index contributed by atoms with van der Waals surface area (Å²) >= 11 is 0. The molecule has 3 aromatic rings. The molecule has 198 valence electrons. The molecule has 0 radical (unpaired) electrons. The van der Waals surface area contributed by atoms with Crippen molar-refractivity contribution in [1.82, 2.24) is 9.47 Å². The first-order valence-corrected chi connectivity index (χ1v) is 13.3. The molecule has 5 rings (SSSR count). The van der Waals surface area contributed by atoms with Crippen molar-refractivity contribution in [3.8, 4) is 17.2 Å². The van der Waals surface area contributed by atoms with Crippen molar-refractivity contribution in [2.45, 2.75) is 31.8 Å². The van der Waals surface area contributed by atoms with Gasteiger partial charge in [0.25, 0.3) is 5.56 Å². The molecule has 1 aromatic heterocycles. The van der Waals surface area contributed by atoms with Crippen molar-refractivity contribution in [1.29, 1.82) is 0 Å². The van der Waals surface area contributed by atoms with Gasteiger partial charge in [0.05, 0.1) is 31.3 Å². The van der Waals surface area contributed by atoms with Crippen molar-refractivity contribution in [2.24, 2.45) is 0 Å². The van der Waals surface area contributed by atoms with E-state index in [-0.39, 0.29) is 18.3 Å². The zero-order chi connectivity index (χ0) is 25.6. The summed E-state index contributed by atoms with van der Waals surface area (Å²) in [6, 6.07) is 13.5. The second kappa shape index (κ2) is 12.0. The Labute approximate surface area is 217 Å². The monoisotopic (exact) mass is 509 g/mol. The van der Waals surface area contributed by atoms with Crippen molar-refractivity contribution < 1.29 is 18.6 Å². The molecule has 0 bridgehead atoms. The van der Waals surface area contributed by atoms with E-state index in [9.17, 15) is 9.18 Å². The highest BCUT2D eigenvalue weighted by atomic mass is 19.1. The lowest BCUT2D eigenvalue weighted by Crippen LogP contribution is -2.31. The van der Waals surface area contributed by atoms with E-state index in [1.54, 1.807) is 17.9 Å². The van der Waals surface area contributed by atoms with Crippen LogP contribution in [-0.2, 0) is 4.74 Å². The molecule has 7 nitrogen and oxygen atoms in total. The van der Waals surface area contributed by atoms with Gasteiger partial charge in [0.2, 0.25) is 0 Å². The van der Waals surface area contributed by atoms with Crippen LogP contribution in [0.25, 0.3) is 16.5 Å². The molecule has 0 amide bonds. The third kappa shape index (κ3) is 5.91. The van der Waals surface area contributed by atoms with E-state index in [1.807, 2.05) is 42.5 Å². The van der Waals surface area contributed by atoms with E-state index in [4.69, 9.17) is 14.2 Å². The molecule has 1 atom stereocenters. The predicted molar refractivity (Wildman–Crippen MR) is 144 cm³/mol. The van der Waals surface area contributed by atoms with E-state index in [1.165, 1.54) is 0 Å². The lowest BCUT2D eigenvalue weighted by molar-refractivity contribution is 0.0680. The van der Waals surface area contributed by atoms with E-state index < -0.39 is 0 Å². The molecule has 2 fully saturated rings. The molecule has 0 unspecified atom stereocenters. The third-order valence-electron chi connectivity index (χ3n) is 7.31. The van der Waals surface area contributed by atoms with Crippen LogP contribution in [0, 0.1) is 0 Å². The number of ether oxygens (including phenoxy) is 3. The summed E-state index contributed by atoms with van der Waals surface area (Å²) in [5, 5.41) is 1.48. The van der Waals surface area contributed by atoms with Crippen molar-refractivity contribution >= 4 is 16.5 Å². The molecule has 2 aromatic carbocycles. The first-order valence-electron chi connectivity index (χ1n) is 13.3. The molecule has 0 spiro atoms. The second-order valence-corrected chi connectivity index (χ2v) is 9.77. The maximum atomic E-state index is 13.4. The number of alkyl halides is 1. The zero-order valence-corrected chi connectivity index (χ0v) is 21.5. The SMILES string of the molecule is COc1cc(-n2ccc3cc(OC[C@H]4CCCO4)ccc3c2=O)ccc1N1CCCN(CCCF)CC1. The van der Waals surface area contributed by atoms with E-state index >= 15 is 0 Å². The number of aromatic nitrogens is 1. The van der Waals surface area contributed by atoms with Gasteiger partial charge in [-0.25, -0.2) is 0 Å². The number of nitrogens with zero attached hydrogens (tertiary/aromatic N) is 3. The number of methoxy groups -OCH3 is 1. The first-order chi connectivity index (χ1) is 18.2. The summed E-state index contributed by atoms with van der Waals surface area (Å²) in [6.07, 6.45) is 5.66. The Morgan fingerprint density at radius 3 is 2.78 bits per heavy atom. The minimum absolute atomic E-state index is 0.0868. The Kier molecular flexibility index (Phi) is 8.26. The van der Waals surface area contributed by atoms with Gasteiger partial charge >= 0.3 is 0 Å². The summed E-state index contributed by atoms with van der Waals surface area (Å²) in [5.74, 6) is 1.48. The number of hydrogen-bond acceptors (Lipinski definition) is 6. The Balaban J connectivity index is 1.34. The highest BCUT2D eigenvalue weighted by molar-refractivity contribution is 5.83. The van der Waals surface area contributed by atoms with E-state index in [0.717, 1.165) is 86.9 Å². The number of hydrogen-bond donors (Lipinski definition) is 0. The van der Waals surface area contributed by atoms with E-state index in [0.29, 0.717) is 18.4 Å². The molecule has 8 heteroatoms. The van der Waals surface area contributed by atoms with E-state index in [2.05, 4.69) is 9.80 Å². The number of halogens is 1. The summed E-state index contributed by atoms with van der Waals surface area (Å²) < 4.78 is 31.6. The van der Waals surface area contributed by atoms with Gasteiger partial charge in [-0.05, 0) is 74.0 Å². The van der Waals surface area contributed by atoms with Gasteiger partial charge in [0.15, 0.2) is 0 Å². The highest BCUT2D eigenvalue weighted by Crippen LogP contribution is 2.31. The van der Waals surface area contributed by atoms with Crippen LogP contribution in [0.5, 0.6) is 11.5 Å². The molecule has 37 heavy (non-hydrogen) atoms. The largest absolute Gasteiger partial charge is 0.495 e. The van der Waals surface area contributed by atoms with Gasteiger partial charge in [-0.15, -0.1) is 0 Å². The number of pyridine rings is 1. The molecule has 0 N–H and O–H groups in total. The topological polar surface area (TPSA) is 56.2 Å². The van der Waals surface area contributed by atoms with Crippen molar-refractivity contribution in [2.75, 3.05) is 64.6 Å². The van der Waals surface area contributed by atoms with Gasteiger partial charge < -0.3 is 24.0 Å². The molecule has 2 aliphatic rings. The van der Waals surface area contributed by atoms with Crippen LogP contribution < -0.4 is 19.9 Å². The Morgan fingerprint density at radius 2 is 1.97 bits per heavy atom. The van der Waals surface area contributed by atoms with Crippen LogP contribution in [0.4, 0.5) is 10.1 Å².